The maximum atomic E-state index is 12.3. The average molecular weight is 377 g/mol. The predicted octanol–water partition coefficient (Wildman–Crippen LogP) is 3.37. The summed E-state index contributed by atoms with van der Waals surface area (Å²) >= 11 is 0. The van der Waals surface area contributed by atoms with E-state index in [1.54, 1.807) is 12.1 Å². The molecule has 0 saturated heterocycles. The summed E-state index contributed by atoms with van der Waals surface area (Å²) in [6.07, 6.45) is -1.05. The molecule has 27 heavy (non-hydrogen) atoms. The van der Waals surface area contributed by atoms with E-state index in [1.165, 1.54) is 6.20 Å². The molecule has 5 nitrogen and oxygen atoms in total. The molecular weight excluding hydrogens is 359 g/mol. The Morgan fingerprint density at radius 1 is 1.19 bits per heavy atom. The number of benzene rings is 1. The van der Waals surface area contributed by atoms with Crippen LogP contribution in [0.1, 0.15) is 11.1 Å². The molecule has 2 heterocycles. The third-order valence-electron chi connectivity index (χ3n) is 4.03. The molecule has 0 fully saturated rings. The fourth-order valence-corrected chi connectivity index (χ4v) is 2.83. The van der Waals surface area contributed by atoms with Crippen molar-refractivity contribution in [1.82, 2.24) is 14.9 Å². The lowest BCUT2D eigenvalue weighted by Crippen LogP contribution is -2.25. The number of hydrogen-bond acceptors (Lipinski definition) is 3. The number of ether oxygens (including phenoxy) is 1. The number of aryl methyl sites for hydroxylation is 1. The van der Waals surface area contributed by atoms with Crippen molar-refractivity contribution in [3.05, 3.63) is 59.9 Å². The number of rotatable bonds is 6. The number of nitrogens with one attached hydrogen (secondary N) is 1. The smallest absolute Gasteiger partial charge is 0.422 e. The highest BCUT2D eigenvalue weighted by molar-refractivity contribution is 5.89. The fraction of sp³-hybridized carbons (Fsp3) is 0.263. The van der Waals surface area contributed by atoms with Gasteiger partial charge in [-0.1, -0.05) is 24.3 Å². The Hall–Kier alpha value is -3.03. The molecule has 142 valence electrons. The maximum Gasteiger partial charge on any atom is 0.422 e. The predicted molar refractivity (Wildman–Crippen MR) is 94.3 cm³/mol. The van der Waals surface area contributed by atoms with Gasteiger partial charge >= 0.3 is 6.18 Å². The number of alkyl halides is 3. The second-order valence-corrected chi connectivity index (χ2v) is 6.11. The topological polar surface area (TPSA) is 56.2 Å². The van der Waals surface area contributed by atoms with Gasteiger partial charge in [-0.2, -0.15) is 13.2 Å². The first-order chi connectivity index (χ1) is 12.8. The average Bonchev–Trinajstić information content (AvgIpc) is 2.94. The summed E-state index contributed by atoms with van der Waals surface area (Å²) in [7, 11) is 1.91. The Labute approximate surface area is 153 Å². The number of fused-ring (bicyclic) bond motifs is 1. The van der Waals surface area contributed by atoms with E-state index in [-0.39, 0.29) is 24.8 Å². The van der Waals surface area contributed by atoms with Gasteiger partial charge in [-0.15, -0.1) is 0 Å². The van der Waals surface area contributed by atoms with Gasteiger partial charge in [0.05, 0.1) is 6.42 Å². The number of aromatic nitrogens is 2. The second kappa shape index (κ2) is 7.69. The Morgan fingerprint density at radius 3 is 2.74 bits per heavy atom. The van der Waals surface area contributed by atoms with Gasteiger partial charge < -0.3 is 14.6 Å². The molecule has 3 rings (SSSR count). The van der Waals surface area contributed by atoms with Crippen LogP contribution in [0.15, 0.2) is 48.8 Å². The third-order valence-corrected chi connectivity index (χ3v) is 4.03. The molecule has 0 aliphatic carbocycles. The van der Waals surface area contributed by atoms with E-state index in [0.717, 1.165) is 16.5 Å². The quantitative estimate of drug-likeness (QED) is 0.717. The number of hydrogen-bond donors (Lipinski definition) is 1. The number of pyridine rings is 1. The molecule has 1 N–H and O–H groups in total. The van der Waals surface area contributed by atoms with E-state index in [1.807, 2.05) is 42.1 Å². The molecule has 0 unspecified atom stereocenters. The first-order valence-electron chi connectivity index (χ1n) is 8.26. The van der Waals surface area contributed by atoms with E-state index >= 15 is 0 Å². The minimum atomic E-state index is -4.45. The molecule has 0 aliphatic heterocycles. The lowest BCUT2D eigenvalue weighted by molar-refractivity contribution is -0.154. The van der Waals surface area contributed by atoms with Gasteiger partial charge in [-0.05, 0) is 17.7 Å². The standard InChI is InChI=1S/C19H18F3N3O2/c1-25-11-14(15-6-2-3-7-16(15)25)9-17(26)24-10-13-5-4-8-23-18(13)27-12-19(20,21)22/h2-8,11H,9-10,12H2,1H3,(H,24,26). The molecular formula is C19H18F3N3O2. The number of carbonyl (C=O) groups excluding carboxylic acids is 1. The summed E-state index contributed by atoms with van der Waals surface area (Å²) in [5.41, 5.74) is 2.29. The number of nitrogens with zero attached hydrogens (tertiary/aromatic N) is 2. The van der Waals surface area contributed by atoms with E-state index in [9.17, 15) is 18.0 Å². The normalized spacial score (nSPS) is 11.6. The summed E-state index contributed by atoms with van der Waals surface area (Å²) < 4.78 is 43.7. The molecule has 8 heteroatoms. The Balaban J connectivity index is 1.64. The molecule has 0 spiro atoms. The zero-order chi connectivity index (χ0) is 19.4. The summed E-state index contributed by atoms with van der Waals surface area (Å²) in [6.45, 7) is -1.40. The van der Waals surface area contributed by atoms with Crippen molar-refractivity contribution < 1.29 is 22.7 Å². The van der Waals surface area contributed by atoms with Crippen LogP contribution in [0.3, 0.4) is 0 Å². The first kappa shape index (κ1) is 18.8. The van der Waals surface area contributed by atoms with Crippen LogP contribution < -0.4 is 10.1 Å². The van der Waals surface area contributed by atoms with Crippen LogP contribution >= 0.6 is 0 Å². The fourth-order valence-electron chi connectivity index (χ4n) is 2.83. The van der Waals surface area contributed by atoms with Crippen LogP contribution in [0, 0.1) is 0 Å². The van der Waals surface area contributed by atoms with Gasteiger partial charge in [-0.3, -0.25) is 4.79 Å². The molecule has 1 amide bonds. The van der Waals surface area contributed by atoms with Gasteiger partial charge in [0.15, 0.2) is 6.61 Å². The van der Waals surface area contributed by atoms with Crippen LogP contribution in [0.2, 0.25) is 0 Å². The van der Waals surface area contributed by atoms with Crippen LogP contribution in [-0.4, -0.2) is 28.2 Å². The van der Waals surface area contributed by atoms with Crippen molar-refractivity contribution in [3.63, 3.8) is 0 Å². The number of carbonyl (C=O) groups is 1. The lowest BCUT2D eigenvalue weighted by atomic mass is 10.1. The van der Waals surface area contributed by atoms with Gasteiger partial charge in [0.2, 0.25) is 11.8 Å². The van der Waals surface area contributed by atoms with Crippen molar-refractivity contribution >= 4 is 16.8 Å². The van der Waals surface area contributed by atoms with Crippen molar-refractivity contribution in [2.45, 2.75) is 19.1 Å². The van der Waals surface area contributed by atoms with Crippen LogP contribution in [0.25, 0.3) is 10.9 Å². The lowest BCUT2D eigenvalue weighted by Gasteiger charge is -2.12. The maximum absolute atomic E-state index is 12.3. The molecule has 0 bridgehead atoms. The van der Waals surface area contributed by atoms with E-state index < -0.39 is 12.8 Å². The van der Waals surface area contributed by atoms with E-state index in [2.05, 4.69) is 10.3 Å². The first-order valence-corrected chi connectivity index (χ1v) is 8.26. The third kappa shape index (κ3) is 4.78. The van der Waals surface area contributed by atoms with Gasteiger partial charge in [0, 0.05) is 42.5 Å². The minimum Gasteiger partial charge on any atom is -0.468 e. The zero-order valence-electron chi connectivity index (χ0n) is 14.6. The zero-order valence-corrected chi connectivity index (χ0v) is 14.6. The van der Waals surface area contributed by atoms with Gasteiger partial charge in [0.1, 0.15) is 0 Å². The van der Waals surface area contributed by atoms with Crippen molar-refractivity contribution in [3.8, 4) is 5.88 Å². The Kier molecular flexibility index (Phi) is 5.34. The summed E-state index contributed by atoms with van der Waals surface area (Å²) in [5, 5.41) is 3.70. The summed E-state index contributed by atoms with van der Waals surface area (Å²) in [5.74, 6) is -0.378. The number of halogens is 3. The van der Waals surface area contributed by atoms with Crippen LogP contribution in [-0.2, 0) is 24.8 Å². The molecule has 2 aromatic heterocycles. The van der Waals surface area contributed by atoms with Crippen LogP contribution in [0.5, 0.6) is 5.88 Å². The van der Waals surface area contributed by atoms with Gasteiger partial charge in [0.25, 0.3) is 0 Å². The van der Waals surface area contributed by atoms with Crippen molar-refractivity contribution in [2.24, 2.45) is 7.05 Å². The monoisotopic (exact) mass is 377 g/mol. The van der Waals surface area contributed by atoms with Crippen molar-refractivity contribution in [1.29, 1.82) is 0 Å². The van der Waals surface area contributed by atoms with E-state index in [4.69, 9.17) is 4.74 Å². The molecule has 1 aromatic carbocycles. The van der Waals surface area contributed by atoms with Crippen molar-refractivity contribution in [2.75, 3.05) is 6.61 Å². The van der Waals surface area contributed by atoms with Gasteiger partial charge in [-0.25, -0.2) is 4.98 Å². The summed E-state index contributed by atoms with van der Waals surface area (Å²) in [6, 6.07) is 10.9. The molecule has 0 saturated carbocycles. The number of amides is 1. The second-order valence-electron chi connectivity index (χ2n) is 6.11. The largest absolute Gasteiger partial charge is 0.468 e. The Morgan fingerprint density at radius 2 is 1.96 bits per heavy atom. The number of para-hydroxylation sites is 1. The Bertz CT molecular complexity index is 951. The minimum absolute atomic E-state index is 0.0324. The SMILES string of the molecule is Cn1cc(CC(=O)NCc2cccnc2OCC(F)(F)F)c2ccccc21. The molecule has 3 aromatic rings. The van der Waals surface area contributed by atoms with E-state index in [0.29, 0.717) is 5.56 Å². The molecule has 0 aliphatic rings. The molecule has 0 radical (unpaired) electrons. The highest BCUT2D eigenvalue weighted by atomic mass is 19.4. The van der Waals surface area contributed by atoms with Crippen LogP contribution in [0.4, 0.5) is 13.2 Å². The highest BCUT2D eigenvalue weighted by Crippen LogP contribution is 2.22. The summed E-state index contributed by atoms with van der Waals surface area (Å²) in [4.78, 5) is 16.1. The molecule has 0 atom stereocenters. The highest BCUT2D eigenvalue weighted by Gasteiger charge is 2.29.